The van der Waals surface area contributed by atoms with E-state index in [0.29, 0.717) is 6.42 Å². The van der Waals surface area contributed by atoms with Gasteiger partial charge in [0.1, 0.15) is 0 Å². The van der Waals surface area contributed by atoms with Gasteiger partial charge in [-0.3, -0.25) is 4.79 Å². The molecule has 1 aliphatic carbocycles. The number of carbonyl (C=O) groups is 1. The minimum atomic E-state index is 0.244. The van der Waals surface area contributed by atoms with Crippen molar-refractivity contribution < 1.29 is 4.79 Å². The molecule has 0 N–H and O–H groups in total. The highest BCUT2D eigenvalue weighted by Gasteiger charge is 2.18. The fourth-order valence-electron chi connectivity index (χ4n) is 3.22. The van der Waals surface area contributed by atoms with Gasteiger partial charge >= 0.3 is 0 Å². The Hall–Kier alpha value is -2.35. The number of rotatable bonds is 4. The molecule has 0 radical (unpaired) electrons. The van der Waals surface area contributed by atoms with Crippen molar-refractivity contribution >= 4 is 11.5 Å². The highest BCUT2D eigenvalue weighted by molar-refractivity contribution is 5.91. The Morgan fingerprint density at radius 3 is 2.30 bits per heavy atom. The lowest BCUT2D eigenvalue weighted by molar-refractivity contribution is -0.115. The molecule has 0 unspecified atom stereocenters. The number of anilines is 1. The van der Waals surface area contributed by atoms with Gasteiger partial charge in [-0.05, 0) is 55.5 Å². The summed E-state index contributed by atoms with van der Waals surface area (Å²) in [6.45, 7) is 5.04. The van der Waals surface area contributed by atoms with E-state index in [1.54, 1.807) is 0 Å². The standard InChI is InChI=1S/C21H23NO/c1-16-11-17(2)13-20(12-16)22(15-18-7-4-3-5-8-18)19-9-6-10-21(23)14-19/h3-5,7-8,11-14H,6,9-10,15H2,1-2H3. The van der Waals surface area contributed by atoms with Crippen molar-refractivity contribution in [3.63, 3.8) is 0 Å². The number of hydrogen-bond donors (Lipinski definition) is 0. The van der Waals surface area contributed by atoms with Crippen LogP contribution in [0, 0.1) is 13.8 Å². The highest BCUT2D eigenvalue weighted by atomic mass is 16.1. The second kappa shape index (κ2) is 6.82. The molecule has 0 saturated heterocycles. The van der Waals surface area contributed by atoms with Gasteiger partial charge in [-0.15, -0.1) is 0 Å². The van der Waals surface area contributed by atoms with E-state index in [1.807, 2.05) is 12.1 Å². The molecule has 2 heteroatoms. The van der Waals surface area contributed by atoms with Crippen molar-refractivity contribution in [3.05, 3.63) is 77.0 Å². The second-order valence-corrected chi connectivity index (χ2v) is 6.37. The number of aryl methyl sites for hydroxylation is 2. The van der Waals surface area contributed by atoms with E-state index in [4.69, 9.17) is 0 Å². The molecule has 0 aliphatic heterocycles. The van der Waals surface area contributed by atoms with Crippen molar-refractivity contribution in [2.45, 2.75) is 39.7 Å². The zero-order valence-electron chi connectivity index (χ0n) is 13.9. The Labute approximate surface area is 138 Å². The Kier molecular flexibility index (Phi) is 4.61. The first-order chi connectivity index (χ1) is 11.1. The van der Waals surface area contributed by atoms with Gasteiger partial charge in [-0.1, -0.05) is 36.4 Å². The van der Waals surface area contributed by atoms with E-state index in [-0.39, 0.29) is 5.78 Å². The predicted octanol–water partition coefficient (Wildman–Crippen LogP) is 4.95. The lowest BCUT2D eigenvalue weighted by Crippen LogP contribution is -2.25. The topological polar surface area (TPSA) is 20.3 Å². The van der Waals surface area contributed by atoms with Crippen molar-refractivity contribution in [1.82, 2.24) is 0 Å². The monoisotopic (exact) mass is 305 g/mol. The summed E-state index contributed by atoms with van der Waals surface area (Å²) < 4.78 is 0. The van der Waals surface area contributed by atoms with Crippen LogP contribution in [0.4, 0.5) is 5.69 Å². The second-order valence-electron chi connectivity index (χ2n) is 6.37. The Morgan fingerprint density at radius 1 is 0.957 bits per heavy atom. The Bertz CT molecular complexity index is 711. The van der Waals surface area contributed by atoms with E-state index in [2.05, 4.69) is 61.2 Å². The summed E-state index contributed by atoms with van der Waals surface area (Å²) in [5.41, 5.74) is 6.06. The number of carbonyl (C=O) groups excluding carboxylic acids is 1. The third-order valence-electron chi connectivity index (χ3n) is 4.23. The highest BCUT2D eigenvalue weighted by Crippen LogP contribution is 2.29. The smallest absolute Gasteiger partial charge is 0.157 e. The molecule has 0 saturated carbocycles. The van der Waals surface area contributed by atoms with Crippen LogP contribution in [0.2, 0.25) is 0 Å². The molecular weight excluding hydrogens is 282 g/mol. The van der Waals surface area contributed by atoms with E-state index in [9.17, 15) is 4.79 Å². The summed E-state index contributed by atoms with van der Waals surface area (Å²) in [5.74, 6) is 0.244. The van der Waals surface area contributed by atoms with Crippen LogP contribution in [0.25, 0.3) is 0 Å². The zero-order valence-corrected chi connectivity index (χ0v) is 13.9. The van der Waals surface area contributed by atoms with Crippen molar-refractivity contribution in [3.8, 4) is 0 Å². The van der Waals surface area contributed by atoms with Gasteiger partial charge < -0.3 is 4.90 Å². The van der Waals surface area contributed by atoms with E-state index < -0.39 is 0 Å². The van der Waals surface area contributed by atoms with Crippen LogP contribution in [0.15, 0.2) is 60.3 Å². The van der Waals surface area contributed by atoms with Gasteiger partial charge in [0.2, 0.25) is 0 Å². The molecule has 2 aromatic rings. The minimum Gasteiger partial charge on any atom is -0.341 e. The van der Waals surface area contributed by atoms with Crippen LogP contribution < -0.4 is 4.90 Å². The first-order valence-electron chi connectivity index (χ1n) is 8.25. The molecule has 23 heavy (non-hydrogen) atoms. The van der Waals surface area contributed by atoms with Crippen LogP contribution >= 0.6 is 0 Å². The Morgan fingerprint density at radius 2 is 1.65 bits per heavy atom. The minimum absolute atomic E-state index is 0.244. The Balaban J connectivity index is 2.00. The number of ketones is 1. The van der Waals surface area contributed by atoms with Crippen LogP contribution in [-0.2, 0) is 11.3 Å². The van der Waals surface area contributed by atoms with Crippen LogP contribution in [0.3, 0.4) is 0 Å². The first-order valence-corrected chi connectivity index (χ1v) is 8.25. The van der Waals surface area contributed by atoms with Crippen molar-refractivity contribution in [1.29, 1.82) is 0 Å². The molecule has 1 aliphatic rings. The van der Waals surface area contributed by atoms with E-state index in [1.165, 1.54) is 22.4 Å². The van der Waals surface area contributed by atoms with E-state index >= 15 is 0 Å². The van der Waals surface area contributed by atoms with Crippen LogP contribution in [0.5, 0.6) is 0 Å². The molecular formula is C21H23NO. The van der Waals surface area contributed by atoms with Gasteiger partial charge in [0.25, 0.3) is 0 Å². The first kappa shape index (κ1) is 15.5. The molecule has 0 fully saturated rings. The summed E-state index contributed by atoms with van der Waals surface area (Å²) in [5, 5.41) is 0. The third kappa shape index (κ3) is 3.89. The maximum atomic E-state index is 11.9. The molecule has 0 bridgehead atoms. The maximum Gasteiger partial charge on any atom is 0.157 e. The quantitative estimate of drug-likeness (QED) is 0.797. The van der Waals surface area contributed by atoms with Gasteiger partial charge in [0.05, 0.1) is 0 Å². The molecule has 118 valence electrons. The molecule has 2 aromatic carbocycles. The average molecular weight is 305 g/mol. The molecule has 0 heterocycles. The SMILES string of the molecule is Cc1cc(C)cc(N(Cc2ccccc2)C2=CC(=O)CCC2)c1. The summed E-state index contributed by atoms with van der Waals surface area (Å²) >= 11 is 0. The number of allylic oxidation sites excluding steroid dienone is 2. The molecule has 3 rings (SSSR count). The molecule has 0 amide bonds. The zero-order chi connectivity index (χ0) is 16.2. The van der Waals surface area contributed by atoms with Crippen molar-refractivity contribution in [2.24, 2.45) is 0 Å². The fraction of sp³-hybridized carbons (Fsp3) is 0.286. The van der Waals surface area contributed by atoms with Gasteiger partial charge in [-0.25, -0.2) is 0 Å². The molecule has 2 nitrogen and oxygen atoms in total. The number of hydrogen-bond acceptors (Lipinski definition) is 2. The largest absolute Gasteiger partial charge is 0.341 e. The van der Waals surface area contributed by atoms with Crippen molar-refractivity contribution in [2.75, 3.05) is 4.90 Å². The summed E-state index contributed by atoms with van der Waals surface area (Å²) in [6, 6.07) is 17.0. The fourth-order valence-corrected chi connectivity index (χ4v) is 3.22. The van der Waals surface area contributed by atoms with Crippen LogP contribution in [0.1, 0.15) is 36.0 Å². The van der Waals surface area contributed by atoms with E-state index in [0.717, 1.165) is 25.1 Å². The van der Waals surface area contributed by atoms with Gasteiger partial charge in [-0.2, -0.15) is 0 Å². The summed E-state index contributed by atoms with van der Waals surface area (Å²) in [4.78, 5) is 14.2. The molecule has 0 aromatic heterocycles. The normalized spacial score (nSPS) is 14.5. The lowest BCUT2D eigenvalue weighted by Gasteiger charge is -2.30. The third-order valence-corrected chi connectivity index (χ3v) is 4.23. The summed E-state index contributed by atoms with van der Waals surface area (Å²) in [6.07, 6.45) is 4.42. The number of nitrogens with zero attached hydrogens (tertiary/aromatic N) is 1. The summed E-state index contributed by atoms with van der Waals surface area (Å²) in [7, 11) is 0. The number of benzene rings is 2. The molecule has 0 spiro atoms. The van der Waals surface area contributed by atoms with Crippen LogP contribution in [-0.4, -0.2) is 5.78 Å². The lowest BCUT2D eigenvalue weighted by atomic mass is 10.0. The van der Waals surface area contributed by atoms with Gasteiger partial charge in [0, 0.05) is 30.4 Å². The molecule has 0 atom stereocenters. The maximum absolute atomic E-state index is 11.9. The average Bonchev–Trinajstić information content (AvgIpc) is 2.52. The van der Waals surface area contributed by atoms with Gasteiger partial charge in [0.15, 0.2) is 5.78 Å². The predicted molar refractivity (Wildman–Crippen MR) is 95.5 cm³/mol.